The highest BCUT2D eigenvalue weighted by Crippen LogP contribution is 2.31. The molecule has 0 spiro atoms. The number of aliphatic hydroxyl groups excluding tert-OH is 1. The van der Waals surface area contributed by atoms with Crippen LogP contribution < -0.4 is 5.32 Å². The summed E-state index contributed by atoms with van der Waals surface area (Å²) in [6.07, 6.45) is 4.98. The fourth-order valence-electron chi connectivity index (χ4n) is 2.24. The lowest BCUT2D eigenvalue weighted by atomic mass is 9.88. The molecule has 0 bridgehead atoms. The average Bonchev–Trinajstić information content (AvgIpc) is 3.02. The third kappa shape index (κ3) is 1.87. The summed E-state index contributed by atoms with van der Waals surface area (Å²) in [7, 11) is 1.96. The van der Waals surface area contributed by atoms with Gasteiger partial charge in [0, 0.05) is 24.7 Å². The molecule has 3 heteroatoms. The van der Waals surface area contributed by atoms with E-state index in [4.69, 9.17) is 0 Å². The predicted molar refractivity (Wildman–Crippen MR) is 52.7 cm³/mol. The molecule has 1 aliphatic heterocycles. The minimum atomic E-state index is 0.0192. The minimum Gasteiger partial charge on any atom is -0.394 e. The van der Waals surface area contributed by atoms with Gasteiger partial charge >= 0.3 is 0 Å². The Labute approximate surface area is 80.1 Å². The first-order chi connectivity index (χ1) is 6.29. The van der Waals surface area contributed by atoms with Gasteiger partial charge in [-0.1, -0.05) is 0 Å². The second-order valence-corrected chi connectivity index (χ2v) is 4.46. The summed E-state index contributed by atoms with van der Waals surface area (Å²) in [6, 6.07) is 0.883. The number of aliphatic hydroxyl groups is 1. The molecule has 1 saturated carbocycles. The van der Waals surface area contributed by atoms with Gasteiger partial charge in [0.25, 0.3) is 0 Å². The highest BCUT2D eigenvalue weighted by molar-refractivity contribution is 4.96. The molecule has 1 saturated heterocycles. The van der Waals surface area contributed by atoms with Crippen molar-refractivity contribution in [2.45, 2.75) is 37.3 Å². The van der Waals surface area contributed by atoms with Gasteiger partial charge in [-0.2, -0.15) is 0 Å². The second-order valence-electron chi connectivity index (χ2n) is 4.46. The van der Waals surface area contributed by atoms with Crippen LogP contribution in [0.15, 0.2) is 0 Å². The molecule has 0 atom stereocenters. The molecule has 0 aromatic rings. The van der Waals surface area contributed by atoms with Gasteiger partial charge in [0.05, 0.1) is 6.61 Å². The molecule has 0 amide bonds. The smallest absolute Gasteiger partial charge is 0.0614 e. The predicted octanol–water partition coefficient (Wildman–Crippen LogP) is 0.195. The lowest BCUT2D eigenvalue weighted by molar-refractivity contribution is 0.0809. The van der Waals surface area contributed by atoms with Crippen molar-refractivity contribution in [1.82, 2.24) is 10.2 Å². The van der Waals surface area contributed by atoms with E-state index < -0.39 is 0 Å². The van der Waals surface area contributed by atoms with Gasteiger partial charge in [-0.05, 0) is 32.7 Å². The number of nitrogens with one attached hydrogen (secondary N) is 1. The van der Waals surface area contributed by atoms with Crippen LogP contribution >= 0.6 is 0 Å². The quantitative estimate of drug-likeness (QED) is 0.657. The lowest BCUT2D eigenvalue weighted by Gasteiger charge is -2.40. The Morgan fingerprint density at radius 3 is 2.38 bits per heavy atom. The van der Waals surface area contributed by atoms with Crippen LogP contribution in [-0.2, 0) is 0 Å². The van der Waals surface area contributed by atoms with Gasteiger partial charge in [-0.25, -0.2) is 0 Å². The number of rotatable bonds is 3. The van der Waals surface area contributed by atoms with E-state index in [0.29, 0.717) is 0 Å². The van der Waals surface area contributed by atoms with E-state index in [0.717, 1.165) is 32.0 Å². The summed E-state index contributed by atoms with van der Waals surface area (Å²) < 4.78 is 0. The maximum absolute atomic E-state index is 9.30. The van der Waals surface area contributed by atoms with E-state index in [9.17, 15) is 5.11 Å². The summed E-state index contributed by atoms with van der Waals surface area (Å²) in [5.74, 6) is 0. The molecule has 2 aliphatic rings. The first kappa shape index (κ1) is 9.44. The van der Waals surface area contributed by atoms with E-state index in [-0.39, 0.29) is 12.1 Å². The first-order valence-corrected chi connectivity index (χ1v) is 5.33. The molecule has 2 rings (SSSR count). The standard InChI is InChI=1S/C10H20N2O/c1-11-10(8-13)4-6-12(7-5-10)9-2-3-9/h9,11,13H,2-8H2,1H3. The number of piperidine rings is 1. The Hall–Kier alpha value is -0.120. The minimum absolute atomic E-state index is 0.0192. The van der Waals surface area contributed by atoms with Gasteiger partial charge in [0.15, 0.2) is 0 Å². The number of hydrogen-bond donors (Lipinski definition) is 2. The summed E-state index contributed by atoms with van der Waals surface area (Å²) in [5, 5.41) is 12.6. The number of likely N-dealkylation sites (tertiary alicyclic amines) is 1. The van der Waals surface area contributed by atoms with Crippen LogP contribution in [0.1, 0.15) is 25.7 Å². The molecule has 13 heavy (non-hydrogen) atoms. The maximum Gasteiger partial charge on any atom is 0.0614 e. The van der Waals surface area contributed by atoms with Crippen LogP contribution in [0.2, 0.25) is 0 Å². The molecule has 0 unspecified atom stereocenters. The van der Waals surface area contributed by atoms with E-state index in [1.807, 2.05) is 7.05 Å². The summed E-state index contributed by atoms with van der Waals surface area (Å²) >= 11 is 0. The molecule has 76 valence electrons. The zero-order chi connectivity index (χ0) is 9.31. The number of nitrogens with zero attached hydrogens (tertiary/aromatic N) is 1. The maximum atomic E-state index is 9.30. The second kappa shape index (κ2) is 3.56. The molecule has 0 radical (unpaired) electrons. The van der Waals surface area contributed by atoms with Crippen LogP contribution in [0, 0.1) is 0 Å². The van der Waals surface area contributed by atoms with Gasteiger partial charge in [0.1, 0.15) is 0 Å². The number of likely N-dealkylation sites (N-methyl/N-ethyl adjacent to an activating group) is 1. The normalized spacial score (nSPS) is 29.1. The molecule has 2 fully saturated rings. The monoisotopic (exact) mass is 184 g/mol. The lowest BCUT2D eigenvalue weighted by Crippen LogP contribution is -2.54. The average molecular weight is 184 g/mol. The van der Waals surface area contributed by atoms with E-state index >= 15 is 0 Å². The van der Waals surface area contributed by atoms with Crippen molar-refractivity contribution in [1.29, 1.82) is 0 Å². The van der Waals surface area contributed by atoms with E-state index in [2.05, 4.69) is 10.2 Å². The topological polar surface area (TPSA) is 35.5 Å². The van der Waals surface area contributed by atoms with E-state index in [1.165, 1.54) is 12.8 Å². The van der Waals surface area contributed by atoms with Crippen LogP contribution in [0.4, 0.5) is 0 Å². The van der Waals surface area contributed by atoms with Crippen molar-refractivity contribution in [3.8, 4) is 0 Å². The Morgan fingerprint density at radius 2 is 2.00 bits per heavy atom. The van der Waals surface area contributed by atoms with Crippen molar-refractivity contribution in [3.63, 3.8) is 0 Å². The third-order valence-electron chi connectivity index (χ3n) is 3.65. The van der Waals surface area contributed by atoms with Gasteiger partial charge in [-0.15, -0.1) is 0 Å². The molecular weight excluding hydrogens is 164 g/mol. The molecule has 0 aromatic heterocycles. The molecule has 1 aliphatic carbocycles. The van der Waals surface area contributed by atoms with Crippen LogP contribution in [0.25, 0.3) is 0 Å². The van der Waals surface area contributed by atoms with Crippen molar-refractivity contribution < 1.29 is 5.11 Å². The van der Waals surface area contributed by atoms with Crippen LogP contribution in [0.3, 0.4) is 0 Å². The van der Waals surface area contributed by atoms with Gasteiger partial charge < -0.3 is 15.3 Å². The molecule has 2 N–H and O–H groups in total. The Morgan fingerprint density at radius 1 is 1.38 bits per heavy atom. The largest absolute Gasteiger partial charge is 0.394 e. The van der Waals surface area contributed by atoms with Crippen molar-refractivity contribution in [2.75, 3.05) is 26.7 Å². The van der Waals surface area contributed by atoms with Crippen LogP contribution in [0.5, 0.6) is 0 Å². The molecular formula is C10H20N2O. The molecule has 3 nitrogen and oxygen atoms in total. The Kier molecular flexibility index (Phi) is 2.58. The zero-order valence-corrected chi connectivity index (χ0v) is 8.42. The highest BCUT2D eigenvalue weighted by atomic mass is 16.3. The van der Waals surface area contributed by atoms with Crippen molar-refractivity contribution in [2.24, 2.45) is 0 Å². The SMILES string of the molecule is CNC1(CO)CCN(C2CC2)CC1. The van der Waals surface area contributed by atoms with Gasteiger partial charge in [0.2, 0.25) is 0 Å². The molecule has 0 aromatic carbocycles. The number of hydrogen-bond acceptors (Lipinski definition) is 3. The van der Waals surface area contributed by atoms with E-state index in [1.54, 1.807) is 0 Å². The van der Waals surface area contributed by atoms with Crippen molar-refractivity contribution >= 4 is 0 Å². The summed E-state index contributed by atoms with van der Waals surface area (Å²) in [6.45, 7) is 2.60. The zero-order valence-electron chi connectivity index (χ0n) is 8.42. The van der Waals surface area contributed by atoms with Crippen molar-refractivity contribution in [3.05, 3.63) is 0 Å². The fraction of sp³-hybridized carbons (Fsp3) is 1.00. The summed E-state index contributed by atoms with van der Waals surface area (Å²) in [5.41, 5.74) is 0.0192. The Balaban J connectivity index is 1.86. The Bertz CT molecular complexity index is 166. The third-order valence-corrected chi connectivity index (χ3v) is 3.65. The summed E-state index contributed by atoms with van der Waals surface area (Å²) in [4.78, 5) is 2.57. The van der Waals surface area contributed by atoms with Gasteiger partial charge in [-0.3, -0.25) is 0 Å². The highest BCUT2D eigenvalue weighted by Gasteiger charge is 2.37. The van der Waals surface area contributed by atoms with Crippen LogP contribution in [-0.4, -0.2) is 48.3 Å². The molecule has 1 heterocycles. The fourth-order valence-corrected chi connectivity index (χ4v) is 2.24. The first-order valence-electron chi connectivity index (χ1n) is 5.33.